The van der Waals surface area contributed by atoms with E-state index in [1.54, 1.807) is 12.1 Å². The van der Waals surface area contributed by atoms with Gasteiger partial charge < -0.3 is 5.32 Å². The van der Waals surface area contributed by atoms with E-state index in [-0.39, 0.29) is 5.82 Å². The van der Waals surface area contributed by atoms with Gasteiger partial charge in [-0.05, 0) is 68.0 Å². The largest absolute Gasteiger partial charge is 0.317 e. The maximum atomic E-state index is 13.2. The van der Waals surface area contributed by atoms with Gasteiger partial charge in [-0.3, -0.25) is 0 Å². The number of rotatable bonds is 3. The van der Waals surface area contributed by atoms with Crippen molar-refractivity contribution in [3.05, 3.63) is 35.1 Å². The third-order valence-corrected chi connectivity index (χ3v) is 3.52. The quantitative estimate of drug-likeness (QED) is 0.827. The second-order valence-corrected chi connectivity index (χ2v) is 4.66. The molecule has 0 atom stereocenters. The van der Waals surface area contributed by atoms with Crippen molar-refractivity contribution in [2.75, 3.05) is 13.1 Å². The van der Waals surface area contributed by atoms with Crippen LogP contribution in [0, 0.1) is 11.7 Å². The first-order chi connectivity index (χ1) is 7.79. The molecular formula is C14H20FN. The van der Waals surface area contributed by atoms with Gasteiger partial charge in [-0.1, -0.05) is 13.0 Å². The van der Waals surface area contributed by atoms with Crippen molar-refractivity contribution < 1.29 is 4.39 Å². The normalized spacial score (nSPS) is 17.6. The van der Waals surface area contributed by atoms with Gasteiger partial charge in [0, 0.05) is 0 Å². The fourth-order valence-corrected chi connectivity index (χ4v) is 2.53. The number of benzene rings is 1. The van der Waals surface area contributed by atoms with E-state index < -0.39 is 0 Å². The van der Waals surface area contributed by atoms with Crippen molar-refractivity contribution in [3.8, 4) is 0 Å². The summed E-state index contributed by atoms with van der Waals surface area (Å²) in [6, 6.07) is 5.23. The molecule has 0 aliphatic carbocycles. The minimum absolute atomic E-state index is 0.0962. The Bertz CT molecular complexity index is 343. The lowest BCUT2D eigenvalue weighted by Crippen LogP contribution is -2.28. The molecule has 0 saturated carbocycles. The summed E-state index contributed by atoms with van der Waals surface area (Å²) in [5, 5.41) is 3.37. The zero-order valence-electron chi connectivity index (χ0n) is 9.93. The Morgan fingerprint density at radius 2 is 2.00 bits per heavy atom. The molecule has 88 valence electrons. The van der Waals surface area contributed by atoms with Crippen LogP contribution in [0.4, 0.5) is 4.39 Å². The highest BCUT2D eigenvalue weighted by Gasteiger charge is 2.15. The Hall–Kier alpha value is -0.890. The zero-order valence-corrected chi connectivity index (χ0v) is 9.93. The minimum Gasteiger partial charge on any atom is -0.317 e. The molecule has 1 heterocycles. The Balaban J connectivity index is 2.09. The van der Waals surface area contributed by atoms with Gasteiger partial charge in [-0.2, -0.15) is 0 Å². The van der Waals surface area contributed by atoms with Crippen LogP contribution in [-0.4, -0.2) is 13.1 Å². The molecule has 0 bridgehead atoms. The zero-order chi connectivity index (χ0) is 11.4. The average molecular weight is 221 g/mol. The standard InChI is InChI=1S/C14H20FN/c1-2-12-3-4-14(15)10-13(12)9-11-5-7-16-8-6-11/h3-4,10-11,16H,2,5-9H2,1H3. The lowest BCUT2D eigenvalue weighted by molar-refractivity contribution is 0.371. The summed E-state index contributed by atoms with van der Waals surface area (Å²) in [4.78, 5) is 0. The van der Waals surface area contributed by atoms with E-state index >= 15 is 0 Å². The summed E-state index contributed by atoms with van der Waals surface area (Å²) in [5.74, 6) is 0.634. The number of hydrogen-bond acceptors (Lipinski definition) is 1. The van der Waals surface area contributed by atoms with Gasteiger partial charge in [-0.25, -0.2) is 4.39 Å². The molecule has 1 aliphatic heterocycles. The first-order valence-corrected chi connectivity index (χ1v) is 6.27. The summed E-state index contributed by atoms with van der Waals surface area (Å²) in [6.07, 6.45) is 4.49. The van der Waals surface area contributed by atoms with Crippen molar-refractivity contribution in [1.29, 1.82) is 0 Å². The average Bonchev–Trinajstić information content (AvgIpc) is 2.31. The first kappa shape index (κ1) is 11.6. The number of halogens is 1. The van der Waals surface area contributed by atoms with Gasteiger partial charge in [0.05, 0.1) is 0 Å². The van der Waals surface area contributed by atoms with Crippen molar-refractivity contribution in [3.63, 3.8) is 0 Å². The summed E-state index contributed by atoms with van der Waals surface area (Å²) in [6.45, 7) is 4.36. The van der Waals surface area contributed by atoms with Crippen LogP contribution in [0.1, 0.15) is 30.9 Å². The fraction of sp³-hybridized carbons (Fsp3) is 0.571. The lowest BCUT2D eigenvalue weighted by atomic mass is 9.88. The third-order valence-electron chi connectivity index (χ3n) is 3.52. The summed E-state index contributed by atoms with van der Waals surface area (Å²) >= 11 is 0. The van der Waals surface area contributed by atoms with Crippen molar-refractivity contribution >= 4 is 0 Å². The SMILES string of the molecule is CCc1ccc(F)cc1CC1CCNCC1. The summed E-state index contributed by atoms with van der Waals surface area (Å²) < 4.78 is 13.2. The Morgan fingerprint density at radius 3 is 2.69 bits per heavy atom. The number of hydrogen-bond donors (Lipinski definition) is 1. The predicted molar refractivity (Wildman–Crippen MR) is 65.1 cm³/mol. The van der Waals surface area contributed by atoms with Gasteiger partial charge in [0.15, 0.2) is 0 Å². The molecular weight excluding hydrogens is 201 g/mol. The second-order valence-electron chi connectivity index (χ2n) is 4.66. The van der Waals surface area contributed by atoms with E-state index in [4.69, 9.17) is 0 Å². The summed E-state index contributed by atoms with van der Waals surface area (Å²) in [5.41, 5.74) is 2.52. The van der Waals surface area contributed by atoms with Crippen LogP contribution in [-0.2, 0) is 12.8 Å². The van der Waals surface area contributed by atoms with E-state index in [9.17, 15) is 4.39 Å². The topological polar surface area (TPSA) is 12.0 Å². The van der Waals surface area contributed by atoms with Gasteiger partial charge in [-0.15, -0.1) is 0 Å². The highest BCUT2D eigenvalue weighted by Crippen LogP contribution is 2.21. The number of aryl methyl sites for hydroxylation is 1. The monoisotopic (exact) mass is 221 g/mol. The molecule has 1 nitrogen and oxygen atoms in total. The smallest absolute Gasteiger partial charge is 0.123 e. The van der Waals surface area contributed by atoms with E-state index in [0.717, 1.165) is 31.8 Å². The van der Waals surface area contributed by atoms with E-state index in [1.165, 1.54) is 24.0 Å². The maximum Gasteiger partial charge on any atom is 0.123 e. The van der Waals surface area contributed by atoms with E-state index in [0.29, 0.717) is 0 Å². The minimum atomic E-state index is -0.0962. The molecule has 2 heteroatoms. The van der Waals surface area contributed by atoms with Gasteiger partial charge in [0.2, 0.25) is 0 Å². The molecule has 2 rings (SSSR count). The van der Waals surface area contributed by atoms with Crippen LogP contribution in [0.5, 0.6) is 0 Å². The summed E-state index contributed by atoms with van der Waals surface area (Å²) in [7, 11) is 0. The van der Waals surface area contributed by atoms with Crippen molar-refractivity contribution in [1.82, 2.24) is 5.32 Å². The molecule has 0 unspecified atom stereocenters. The van der Waals surface area contributed by atoms with E-state index in [1.807, 2.05) is 6.07 Å². The molecule has 0 amide bonds. The Morgan fingerprint density at radius 1 is 1.25 bits per heavy atom. The Kier molecular flexibility index (Phi) is 3.94. The van der Waals surface area contributed by atoms with Gasteiger partial charge >= 0.3 is 0 Å². The number of nitrogens with one attached hydrogen (secondary N) is 1. The third kappa shape index (κ3) is 2.82. The molecule has 0 radical (unpaired) electrons. The van der Waals surface area contributed by atoms with Crippen LogP contribution in [0.15, 0.2) is 18.2 Å². The van der Waals surface area contributed by atoms with Gasteiger partial charge in [0.1, 0.15) is 5.82 Å². The Labute approximate surface area is 97.1 Å². The van der Waals surface area contributed by atoms with Crippen LogP contribution in [0.3, 0.4) is 0 Å². The molecule has 1 saturated heterocycles. The molecule has 1 fully saturated rings. The van der Waals surface area contributed by atoms with Crippen LogP contribution in [0.2, 0.25) is 0 Å². The molecule has 1 aromatic carbocycles. The van der Waals surface area contributed by atoms with Crippen molar-refractivity contribution in [2.24, 2.45) is 5.92 Å². The molecule has 16 heavy (non-hydrogen) atoms. The second kappa shape index (κ2) is 5.44. The first-order valence-electron chi connectivity index (χ1n) is 6.27. The maximum absolute atomic E-state index is 13.2. The molecule has 0 aromatic heterocycles. The van der Waals surface area contributed by atoms with Crippen LogP contribution < -0.4 is 5.32 Å². The van der Waals surface area contributed by atoms with Crippen LogP contribution in [0.25, 0.3) is 0 Å². The molecule has 1 aromatic rings. The fourth-order valence-electron chi connectivity index (χ4n) is 2.53. The highest BCUT2D eigenvalue weighted by atomic mass is 19.1. The molecule has 1 aliphatic rings. The van der Waals surface area contributed by atoms with E-state index in [2.05, 4.69) is 12.2 Å². The number of piperidine rings is 1. The predicted octanol–water partition coefficient (Wildman–Crippen LogP) is 2.93. The highest BCUT2D eigenvalue weighted by molar-refractivity contribution is 5.28. The van der Waals surface area contributed by atoms with Crippen molar-refractivity contribution in [2.45, 2.75) is 32.6 Å². The molecule has 1 N–H and O–H groups in total. The van der Waals surface area contributed by atoms with Gasteiger partial charge in [0.25, 0.3) is 0 Å². The molecule has 0 spiro atoms. The lowest BCUT2D eigenvalue weighted by Gasteiger charge is -2.23. The van der Waals surface area contributed by atoms with Crippen LogP contribution >= 0.6 is 0 Å².